The van der Waals surface area contributed by atoms with Crippen LogP contribution in [0.2, 0.25) is 0 Å². The van der Waals surface area contributed by atoms with E-state index in [1.807, 2.05) is 0 Å². The van der Waals surface area contributed by atoms with Crippen molar-refractivity contribution in [3.63, 3.8) is 0 Å². The number of alkyl halides is 3. The fraction of sp³-hybridized carbons (Fsp3) is 1.00. The summed E-state index contributed by atoms with van der Waals surface area (Å²) in [6.45, 7) is 0. The molecular formula is C5H7F3S. The summed E-state index contributed by atoms with van der Waals surface area (Å²) in [6.07, 6.45) is 1.98. The Balaban J connectivity index is 2.03. The van der Waals surface area contributed by atoms with E-state index in [1.165, 1.54) is 0 Å². The summed E-state index contributed by atoms with van der Waals surface area (Å²) in [7, 11) is 0. The normalized spacial score (nSPS) is 20.3. The Hall–Kier alpha value is 0.140. The molecule has 0 N–H and O–H groups in total. The predicted molar refractivity (Wildman–Crippen MR) is 31.2 cm³/mol. The summed E-state index contributed by atoms with van der Waals surface area (Å²) in [5.74, 6) is 0.625. The largest absolute Gasteiger partial charge is 0.441 e. The molecule has 54 valence electrons. The Bertz CT molecular complexity index is 94.9. The van der Waals surface area contributed by atoms with Crippen LogP contribution in [-0.2, 0) is 0 Å². The summed E-state index contributed by atoms with van der Waals surface area (Å²) in [6, 6.07) is 0. The second kappa shape index (κ2) is 2.40. The minimum atomic E-state index is -4.01. The molecule has 0 aliphatic heterocycles. The van der Waals surface area contributed by atoms with E-state index < -0.39 is 5.51 Å². The number of hydrogen-bond acceptors (Lipinski definition) is 1. The molecule has 0 atom stereocenters. The van der Waals surface area contributed by atoms with Gasteiger partial charge in [0.05, 0.1) is 0 Å². The van der Waals surface area contributed by atoms with Gasteiger partial charge in [-0.15, -0.1) is 0 Å². The van der Waals surface area contributed by atoms with Crippen molar-refractivity contribution in [1.29, 1.82) is 0 Å². The zero-order valence-electron chi connectivity index (χ0n) is 4.74. The molecule has 1 aliphatic rings. The van der Waals surface area contributed by atoms with Gasteiger partial charge in [0.15, 0.2) is 0 Å². The first kappa shape index (κ1) is 7.25. The van der Waals surface area contributed by atoms with Crippen molar-refractivity contribution in [1.82, 2.24) is 0 Å². The molecule has 0 heterocycles. The van der Waals surface area contributed by atoms with Gasteiger partial charge in [0, 0.05) is 5.75 Å². The Kier molecular flexibility index (Phi) is 1.94. The highest BCUT2D eigenvalue weighted by Gasteiger charge is 2.32. The van der Waals surface area contributed by atoms with Gasteiger partial charge in [-0.3, -0.25) is 0 Å². The summed E-state index contributed by atoms with van der Waals surface area (Å²) in [5, 5.41) is 0. The van der Waals surface area contributed by atoms with Crippen LogP contribution in [0.15, 0.2) is 0 Å². The minimum absolute atomic E-state index is 0.104. The average molecular weight is 156 g/mol. The molecule has 0 aromatic rings. The Morgan fingerprint density at radius 2 is 1.89 bits per heavy atom. The van der Waals surface area contributed by atoms with Crippen LogP contribution < -0.4 is 0 Å². The monoisotopic (exact) mass is 156 g/mol. The van der Waals surface area contributed by atoms with Gasteiger partial charge in [-0.25, -0.2) is 0 Å². The molecular weight excluding hydrogens is 149 g/mol. The first-order chi connectivity index (χ1) is 4.08. The van der Waals surface area contributed by atoms with E-state index in [-0.39, 0.29) is 17.5 Å². The number of hydrogen-bond donors (Lipinski definition) is 0. The van der Waals surface area contributed by atoms with E-state index in [9.17, 15) is 13.2 Å². The summed E-state index contributed by atoms with van der Waals surface area (Å²) in [4.78, 5) is 0. The first-order valence-corrected chi connectivity index (χ1v) is 3.77. The van der Waals surface area contributed by atoms with Crippen LogP contribution in [0.1, 0.15) is 12.8 Å². The van der Waals surface area contributed by atoms with Crippen molar-refractivity contribution in [2.24, 2.45) is 5.92 Å². The number of halogens is 3. The van der Waals surface area contributed by atoms with Crippen LogP contribution in [-0.4, -0.2) is 11.3 Å². The van der Waals surface area contributed by atoms with Gasteiger partial charge >= 0.3 is 5.51 Å². The molecule has 0 saturated heterocycles. The zero-order valence-corrected chi connectivity index (χ0v) is 5.56. The number of thioether (sulfide) groups is 1. The van der Waals surface area contributed by atoms with Gasteiger partial charge in [0.2, 0.25) is 0 Å². The highest BCUT2D eigenvalue weighted by molar-refractivity contribution is 8.00. The molecule has 0 unspecified atom stereocenters. The first-order valence-electron chi connectivity index (χ1n) is 2.78. The van der Waals surface area contributed by atoms with Crippen LogP contribution in [0.25, 0.3) is 0 Å². The van der Waals surface area contributed by atoms with Gasteiger partial charge in [-0.1, -0.05) is 11.8 Å². The lowest BCUT2D eigenvalue weighted by molar-refractivity contribution is -0.0328. The second-order valence-corrected chi connectivity index (χ2v) is 3.29. The minimum Gasteiger partial charge on any atom is -0.160 e. The third kappa shape index (κ3) is 3.67. The van der Waals surface area contributed by atoms with Crippen molar-refractivity contribution < 1.29 is 13.2 Å². The van der Waals surface area contributed by atoms with Crippen molar-refractivity contribution in [2.45, 2.75) is 18.3 Å². The molecule has 0 spiro atoms. The van der Waals surface area contributed by atoms with Gasteiger partial charge < -0.3 is 0 Å². The molecule has 0 amide bonds. The van der Waals surface area contributed by atoms with Crippen LogP contribution >= 0.6 is 11.8 Å². The molecule has 0 bridgehead atoms. The second-order valence-electron chi connectivity index (χ2n) is 2.20. The van der Waals surface area contributed by atoms with Crippen LogP contribution in [0.4, 0.5) is 13.2 Å². The van der Waals surface area contributed by atoms with Crippen molar-refractivity contribution in [3.05, 3.63) is 0 Å². The third-order valence-electron chi connectivity index (χ3n) is 1.18. The SMILES string of the molecule is FC(F)(F)SCC1CC1. The standard InChI is InChI=1S/C5H7F3S/c6-5(7,8)9-3-4-1-2-4/h4H,1-3H2. The van der Waals surface area contributed by atoms with Crippen LogP contribution in [0.3, 0.4) is 0 Å². The van der Waals surface area contributed by atoms with Gasteiger partial charge in [0.25, 0.3) is 0 Å². The van der Waals surface area contributed by atoms with E-state index in [2.05, 4.69) is 0 Å². The third-order valence-corrected chi connectivity index (χ3v) is 2.15. The van der Waals surface area contributed by atoms with E-state index in [0.29, 0.717) is 5.92 Å². The molecule has 9 heavy (non-hydrogen) atoms. The number of rotatable bonds is 2. The highest BCUT2D eigenvalue weighted by Crippen LogP contribution is 2.39. The lowest BCUT2D eigenvalue weighted by Gasteiger charge is -2.02. The molecule has 1 fully saturated rings. The fourth-order valence-corrected chi connectivity index (χ4v) is 1.25. The zero-order chi connectivity index (χ0) is 6.91. The highest BCUT2D eigenvalue weighted by atomic mass is 32.2. The maximum absolute atomic E-state index is 11.4. The molecule has 0 radical (unpaired) electrons. The molecule has 1 rings (SSSR count). The fourth-order valence-electron chi connectivity index (χ4n) is 0.497. The Morgan fingerprint density at radius 1 is 1.33 bits per heavy atom. The summed E-state index contributed by atoms with van der Waals surface area (Å²) >= 11 is 0.104. The topological polar surface area (TPSA) is 0 Å². The van der Waals surface area contributed by atoms with Crippen molar-refractivity contribution in [2.75, 3.05) is 5.75 Å². The molecule has 0 aromatic carbocycles. The van der Waals surface area contributed by atoms with Crippen LogP contribution in [0.5, 0.6) is 0 Å². The predicted octanol–water partition coefficient (Wildman–Crippen LogP) is 2.65. The Morgan fingerprint density at radius 3 is 2.22 bits per heavy atom. The average Bonchev–Trinajstić information content (AvgIpc) is 2.38. The van der Waals surface area contributed by atoms with Gasteiger partial charge in [-0.05, 0) is 18.8 Å². The quantitative estimate of drug-likeness (QED) is 0.592. The van der Waals surface area contributed by atoms with Crippen molar-refractivity contribution >= 4 is 11.8 Å². The van der Waals surface area contributed by atoms with E-state index in [4.69, 9.17) is 0 Å². The van der Waals surface area contributed by atoms with Gasteiger partial charge in [-0.2, -0.15) is 13.2 Å². The lowest BCUT2D eigenvalue weighted by atomic mass is 10.5. The molecule has 0 aromatic heterocycles. The molecule has 1 aliphatic carbocycles. The molecule has 4 heteroatoms. The molecule has 1 saturated carbocycles. The summed E-state index contributed by atoms with van der Waals surface area (Å²) in [5.41, 5.74) is -4.01. The van der Waals surface area contributed by atoms with Gasteiger partial charge in [0.1, 0.15) is 0 Å². The van der Waals surface area contributed by atoms with Crippen molar-refractivity contribution in [3.8, 4) is 0 Å². The maximum atomic E-state index is 11.4. The summed E-state index contributed by atoms with van der Waals surface area (Å²) < 4.78 is 34.2. The smallest absolute Gasteiger partial charge is 0.160 e. The maximum Gasteiger partial charge on any atom is 0.441 e. The molecule has 0 nitrogen and oxygen atoms in total. The van der Waals surface area contributed by atoms with Crippen LogP contribution in [0, 0.1) is 5.92 Å². The van der Waals surface area contributed by atoms with E-state index in [1.54, 1.807) is 0 Å². The Labute approximate surface area is 55.8 Å². The lowest BCUT2D eigenvalue weighted by Crippen LogP contribution is -2.01. The van der Waals surface area contributed by atoms with E-state index >= 15 is 0 Å². The van der Waals surface area contributed by atoms with E-state index in [0.717, 1.165) is 12.8 Å².